The van der Waals surface area contributed by atoms with Crippen LogP contribution in [0.25, 0.3) is 0 Å². The minimum atomic E-state index is 0.0571. The number of pyridine rings is 1. The van der Waals surface area contributed by atoms with Gasteiger partial charge in [0.1, 0.15) is 5.82 Å². The zero-order valence-electron chi connectivity index (χ0n) is 9.82. The molecule has 0 atom stereocenters. The van der Waals surface area contributed by atoms with Crippen molar-refractivity contribution in [1.82, 2.24) is 4.98 Å². The first kappa shape index (κ1) is 11.7. The Morgan fingerprint density at radius 1 is 1.47 bits per heavy atom. The zero-order chi connectivity index (χ0) is 11.4. The Bertz CT molecular complexity index is 330. The molecule has 1 aromatic heterocycles. The molecule has 0 aliphatic carbocycles. The van der Waals surface area contributed by atoms with E-state index in [-0.39, 0.29) is 5.78 Å². The maximum absolute atomic E-state index is 11.1. The number of nitrogens with zero attached hydrogens (tertiary/aromatic N) is 2. The zero-order valence-corrected chi connectivity index (χ0v) is 9.82. The summed E-state index contributed by atoms with van der Waals surface area (Å²) in [7, 11) is 0. The predicted octanol–water partition coefficient (Wildman–Crippen LogP) is 2.52. The average molecular weight is 206 g/mol. The van der Waals surface area contributed by atoms with E-state index in [2.05, 4.69) is 30.7 Å². The molecule has 0 aromatic carbocycles. The third-order valence-corrected chi connectivity index (χ3v) is 2.41. The number of hydrogen-bond acceptors (Lipinski definition) is 3. The molecule has 0 N–H and O–H groups in total. The standard InChI is InChI=1S/C12H18N2O/c1-5-14(9(2)3)12-7-6-11(8-13-12)10(4)15/h6-9H,5H2,1-4H3. The Morgan fingerprint density at radius 3 is 2.47 bits per heavy atom. The van der Waals surface area contributed by atoms with Crippen LogP contribution in [0.1, 0.15) is 38.1 Å². The van der Waals surface area contributed by atoms with Crippen molar-refractivity contribution in [2.45, 2.75) is 33.7 Å². The summed E-state index contributed by atoms with van der Waals surface area (Å²) in [6.45, 7) is 8.83. The van der Waals surface area contributed by atoms with Gasteiger partial charge in [-0.2, -0.15) is 0 Å². The van der Waals surface area contributed by atoms with E-state index >= 15 is 0 Å². The Hall–Kier alpha value is -1.38. The molecule has 82 valence electrons. The molecule has 1 heterocycles. The summed E-state index contributed by atoms with van der Waals surface area (Å²) in [5.74, 6) is 0.985. The van der Waals surface area contributed by atoms with E-state index < -0.39 is 0 Å². The van der Waals surface area contributed by atoms with Gasteiger partial charge in [-0.1, -0.05) is 0 Å². The number of ketones is 1. The third-order valence-electron chi connectivity index (χ3n) is 2.41. The number of rotatable bonds is 4. The quantitative estimate of drug-likeness (QED) is 0.710. The number of aromatic nitrogens is 1. The van der Waals surface area contributed by atoms with Gasteiger partial charge in [0.05, 0.1) is 0 Å². The van der Waals surface area contributed by atoms with E-state index in [9.17, 15) is 4.79 Å². The van der Waals surface area contributed by atoms with Crippen LogP contribution in [-0.4, -0.2) is 23.4 Å². The van der Waals surface area contributed by atoms with Gasteiger partial charge in [-0.05, 0) is 39.8 Å². The van der Waals surface area contributed by atoms with Crippen molar-refractivity contribution in [1.29, 1.82) is 0 Å². The molecule has 0 radical (unpaired) electrons. The Balaban J connectivity index is 2.92. The number of hydrogen-bond donors (Lipinski definition) is 0. The summed E-state index contributed by atoms with van der Waals surface area (Å²) in [6.07, 6.45) is 1.64. The Kier molecular flexibility index (Phi) is 3.83. The van der Waals surface area contributed by atoms with Crippen molar-refractivity contribution < 1.29 is 4.79 Å². The van der Waals surface area contributed by atoms with Crippen LogP contribution in [0.15, 0.2) is 18.3 Å². The van der Waals surface area contributed by atoms with Gasteiger partial charge in [0.25, 0.3) is 0 Å². The molecular weight excluding hydrogens is 188 g/mol. The number of Topliss-reactive ketones (excluding diaryl/α,β-unsaturated/α-hetero) is 1. The molecule has 0 fully saturated rings. The number of carbonyl (C=O) groups is 1. The van der Waals surface area contributed by atoms with Crippen LogP contribution in [0, 0.1) is 0 Å². The first-order valence-electron chi connectivity index (χ1n) is 5.30. The second kappa shape index (κ2) is 4.91. The first-order valence-corrected chi connectivity index (χ1v) is 5.30. The van der Waals surface area contributed by atoms with E-state index in [1.807, 2.05) is 12.1 Å². The topological polar surface area (TPSA) is 33.2 Å². The van der Waals surface area contributed by atoms with Crippen LogP contribution in [0.3, 0.4) is 0 Å². The largest absolute Gasteiger partial charge is 0.354 e. The van der Waals surface area contributed by atoms with Crippen LogP contribution in [0.4, 0.5) is 5.82 Å². The molecule has 3 heteroatoms. The van der Waals surface area contributed by atoms with Crippen molar-refractivity contribution in [2.75, 3.05) is 11.4 Å². The molecule has 3 nitrogen and oxygen atoms in total. The fraction of sp³-hybridized carbons (Fsp3) is 0.500. The van der Waals surface area contributed by atoms with Crippen LogP contribution in [-0.2, 0) is 0 Å². The van der Waals surface area contributed by atoms with Gasteiger partial charge in [-0.3, -0.25) is 4.79 Å². The molecule has 1 aromatic rings. The third kappa shape index (κ3) is 2.78. The van der Waals surface area contributed by atoms with Gasteiger partial charge < -0.3 is 4.90 Å². The van der Waals surface area contributed by atoms with E-state index in [1.165, 1.54) is 0 Å². The fourth-order valence-corrected chi connectivity index (χ4v) is 1.56. The molecular formula is C12H18N2O. The molecule has 0 amide bonds. The highest BCUT2D eigenvalue weighted by molar-refractivity contribution is 5.93. The van der Waals surface area contributed by atoms with E-state index in [0.29, 0.717) is 11.6 Å². The molecule has 1 rings (SSSR count). The molecule has 15 heavy (non-hydrogen) atoms. The lowest BCUT2D eigenvalue weighted by Crippen LogP contribution is -2.31. The lowest BCUT2D eigenvalue weighted by atomic mass is 10.2. The minimum Gasteiger partial charge on any atom is -0.354 e. The molecule has 0 bridgehead atoms. The summed E-state index contributed by atoms with van der Waals surface area (Å²) in [5.41, 5.74) is 0.665. The van der Waals surface area contributed by atoms with Gasteiger partial charge >= 0.3 is 0 Å². The smallest absolute Gasteiger partial charge is 0.161 e. The molecule has 0 unspecified atom stereocenters. The SMILES string of the molecule is CCN(c1ccc(C(C)=O)cn1)C(C)C. The summed E-state index contributed by atoms with van der Waals surface area (Å²) in [6, 6.07) is 4.15. The van der Waals surface area contributed by atoms with E-state index in [4.69, 9.17) is 0 Å². The Morgan fingerprint density at radius 2 is 2.13 bits per heavy atom. The summed E-state index contributed by atoms with van der Waals surface area (Å²) < 4.78 is 0. The van der Waals surface area contributed by atoms with Crippen molar-refractivity contribution in [2.24, 2.45) is 0 Å². The normalized spacial score (nSPS) is 10.5. The predicted molar refractivity (Wildman–Crippen MR) is 62.4 cm³/mol. The molecule has 0 saturated carbocycles. The van der Waals surface area contributed by atoms with Gasteiger partial charge in [0.2, 0.25) is 0 Å². The summed E-state index contributed by atoms with van der Waals surface area (Å²) in [5, 5.41) is 0. The second-order valence-electron chi connectivity index (χ2n) is 3.84. The molecule has 0 saturated heterocycles. The molecule has 0 spiro atoms. The van der Waals surface area contributed by atoms with Gasteiger partial charge in [-0.15, -0.1) is 0 Å². The first-order chi connectivity index (χ1) is 7.06. The van der Waals surface area contributed by atoms with Gasteiger partial charge in [0.15, 0.2) is 5.78 Å². The van der Waals surface area contributed by atoms with Crippen LogP contribution in [0.2, 0.25) is 0 Å². The van der Waals surface area contributed by atoms with Crippen molar-refractivity contribution >= 4 is 11.6 Å². The van der Waals surface area contributed by atoms with E-state index in [1.54, 1.807) is 13.1 Å². The fourth-order valence-electron chi connectivity index (χ4n) is 1.56. The lowest BCUT2D eigenvalue weighted by molar-refractivity contribution is 0.101. The van der Waals surface area contributed by atoms with Crippen molar-refractivity contribution in [3.8, 4) is 0 Å². The number of anilines is 1. The molecule has 0 aliphatic rings. The number of carbonyl (C=O) groups excluding carboxylic acids is 1. The van der Waals surface area contributed by atoms with Crippen LogP contribution >= 0.6 is 0 Å². The average Bonchev–Trinajstić information content (AvgIpc) is 2.19. The van der Waals surface area contributed by atoms with Crippen molar-refractivity contribution in [3.63, 3.8) is 0 Å². The maximum Gasteiger partial charge on any atom is 0.161 e. The minimum absolute atomic E-state index is 0.0571. The monoisotopic (exact) mass is 206 g/mol. The summed E-state index contributed by atoms with van der Waals surface area (Å²) >= 11 is 0. The maximum atomic E-state index is 11.1. The van der Waals surface area contributed by atoms with Crippen molar-refractivity contribution in [3.05, 3.63) is 23.9 Å². The van der Waals surface area contributed by atoms with Gasteiger partial charge in [0, 0.05) is 24.3 Å². The second-order valence-corrected chi connectivity index (χ2v) is 3.84. The highest BCUT2D eigenvalue weighted by Gasteiger charge is 2.09. The van der Waals surface area contributed by atoms with E-state index in [0.717, 1.165) is 12.4 Å². The highest BCUT2D eigenvalue weighted by Crippen LogP contribution is 2.14. The van der Waals surface area contributed by atoms with Gasteiger partial charge in [-0.25, -0.2) is 4.98 Å². The van der Waals surface area contributed by atoms with Crippen LogP contribution < -0.4 is 4.90 Å². The molecule has 0 aliphatic heterocycles. The summed E-state index contributed by atoms with van der Waals surface area (Å²) in [4.78, 5) is 17.6. The van der Waals surface area contributed by atoms with Crippen LogP contribution in [0.5, 0.6) is 0 Å². The Labute approximate surface area is 91.1 Å². The highest BCUT2D eigenvalue weighted by atomic mass is 16.1. The lowest BCUT2D eigenvalue weighted by Gasteiger charge is -2.26.